The third-order valence-corrected chi connectivity index (χ3v) is 6.59. The van der Waals surface area contributed by atoms with Gasteiger partial charge in [0.25, 0.3) is 0 Å². The zero-order valence-electron chi connectivity index (χ0n) is 14.8. The van der Waals surface area contributed by atoms with Crippen molar-refractivity contribution >= 4 is 21.6 Å². The molecule has 0 saturated heterocycles. The van der Waals surface area contributed by atoms with Gasteiger partial charge in [0.2, 0.25) is 15.9 Å². The van der Waals surface area contributed by atoms with Crippen LogP contribution in [0.3, 0.4) is 0 Å². The van der Waals surface area contributed by atoms with Crippen LogP contribution in [0.5, 0.6) is 0 Å². The predicted octanol–water partition coefficient (Wildman–Crippen LogP) is 1.78. The second-order valence-electron chi connectivity index (χ2n) is 6.53. The van der Waals surface area contributed by atoms with E-state index in [9.17, 15) is 13.2 Å². The number of anilines is 1. The lowest BCUT2D eigenvalue weighted by atomic mass is 9.95. The third kappa shape index (κ3) is 3.34. The molecule has 1 aliphatic rings. The molecule has 1 unspecified atom stereocenters. The molecule has 1 atom stereocenters. The Morgan fingerprint density at radius 1 is 1.38 bits per heavy atom. The van der Waals surface area contributed by atoms with Crippen LogP contribution in [0.25, 0.3) is 0 Å². The largest absolute Gasteiger partial charge is 0.329 e. The van der Waals surface area contributed by atoms with Gasteiger partial charge in [-0.1, -0.05) is 13.8 Å². The molecule has 1 aliphatic heterocycles. The van der Waals surface area contributed by atoms with Crippen LogP contribution in [0.4, 0.5) is 5.69 Å². The van der Waals surface area contributed by atoms with Crippen molar-refractivity contribution in [3.63, 3.8) is 0 Å². The third-order valence-electron chi connectivity index (χ3n) is 5.01. The van der Waals surface area contributed by atoms with E-state index in [1.807, 2.05) is 20.8 Å². The SMILES string of the molecule is CCC(CC)(CN)NS(=O)(=O)c1ccc2c(c1)CC(C)N2C(C)=O. The molecular formula is C17H27N3O3S. The van der Waals surface area contributed by atoms with E-state index in [4.69, 9.17) is 5.73 Å². The predicted molar refractivity (Wildman–Crippen MR) is 95.5 cm³/mol. The van der Waals surface area contributed by atoms with Crippen LogP contribution in [0.1, 0.15) is 46.1 Å². The van der Waals surface area contributed by atoms with Crippen LogP contribution >= 0.6 is 0 Å². The van der Waals surface area contributed by atoms with Gasteiger partial charge in [-0.15, -0.1) is 0 Å². The number of hydrogen-bond donors (Lipinski definition) is 2. The summed E-state index contributed by atoms with van der Waals surface area (Å²) in [6.07, 6.45) is 1.90. The highest BCUT2D eigenvalue weighted by Crippen LogP contribution is 2.34. The quantitative estimate of drug-likeness (QED) is 0.815. The average molecular weight is 353 g/mol. The summed E-state index contributed by atoms with van der Waals surface area (Å²) < 4.78 is 28.3. The summed E-state index contributed by atoms with van der Waals surface area (Å²) in [7, 11) is -3.66. The van der Waals surface area contributed by atoms with E-state index in [1.165, 1.54) is 6.92 Å². The lowest BCUT2D eigenvalue weighted by Crippen LogP contribution is -2.52. The molecule has 0 aliphatic carbocycles. The van der Waals surface area contributed by atoms with Crippen molar-refractivity contribution in [3.05, 3.63) is 23.8 Å². The molecule has 3 N–H and O–H groups in total. The molecule has 7 heteroatoms. The average Bonchev–Trinajstić information content (AvgIpc) is 2.87. The minimum absolute atomic E-state index is 0.0332. The molecule has 0 fully saturated rings. The van der Waals surface area contributed by atoms with Crippen molar-refractivity contribution in [2.24, 2.45) is 5.73 Å². The van der Waals surface area contributed by atoms with Gasteiger partial charge < -0.3 is 10.6 Å². The minimum Gasteiger partial charge on any atom is -0.329 e. The van der Waals surface area contributed by atoms with E-state index in [2.05, 4.69) is 4.72 Å². The standard InChI is InChI=1S/C17H27N3O3S/c1-5-17(6-2,11-18)19-24(22,23)15-7-8-16-14(10-15)9-12(3)20(16)13(4)21/h7-8,10,12,19H,5-6,9,11,18H2,1-4H3. The molecule has 1 amide bonds. The highest BCUT2D eigenvalue weighted by Gasteiger charge is 2.33. The fourth-order valence-corrected chi connectivity index (χ4v) is 4.93. The van der Waals surface area contributed by atoms with Gasteiger partial charge in [-0.2, -0.15) is 0 Å². The molecule has 0 bridgehead atoms. The second kappa shape index (κ2) is 6.82. The molecular weight excluding hydrogens is 326 g/mol. The number of fused-ring (bicyclic) bond motifs is 1. The van der Waals surface area contributed by atoms with Crippen LogP contribution in [0.2, 0.25) is 0 Å². The minimum atomic E-state index is -3.66. The highest BCUT2D eigenvalue weighted by molar-refractivity contribution is 7.89. The Labute approximate surface area is 144 Å². The van der Waals surface area contributed by atoms with E-state index in [-0.39, 0.29) is 23.4 Å². The molecule has 0 radical (unpaired) electrons. The zero-order valence-corrected chi connectivity index (χ0v) is 15.6. The zero-order chi connectivity index (χ0) is 18.1. The van der Waals surface area contributed by atoms with Crippen LogP contribution in [-0.4, -0.2) is 32.5 Å². The second-order valence-corrected chi connectivity index (χ2v) is 8.21. The van der Waals surface area contributed by atoms with Gasteiger partial charge in [0.1, 0.15) is 0 Å². The molecule has 1 aromatic carbocycles. The Balaban J connectivity index is 2.38. The van der Waals surface area contributed by atoms with Gasteiger partial charge in [-0.3, -0.25) is 4.79 Å². The van der Waals surface area contributed by atoms with Gasteiger partial charge >= 0.3 is 0 Å². The van der Waals surface area contributed by atoms with E-state index >= 15 is 0 Å². The number of nitrogens with zero attached hydrogens (tertiary/aromatic N) is 1. The van der Waals surface area contributed by atoms with E-state index in [1.54, 1.807) is 23.1 Å². The van der Waals surface area contributed by atoms with Crippen LogP contribution in [0.15, 0.2) is 23.1 Å². The molecule has 1 heterocycles. The monoisotopic (exact) mass is 353 g/mol. The highest BCUT2D eigenvalue weighted by atomic mass is 32.2. The summed E-state index contributed by atoms with van der Waals surface area (Å²) in [5, 5.41) is 0. The fraction of sp³-hybridized carbons (Fsp3) is 0.588. The molecule has 2 rings (SSSR count). The maximum atomic E-state index is 12.8. The summed E-state index contributed by atoms with van der Waals surface area (Å²) in [6, 6.07) is 4.99. The lowest BCUT2D eigenvalue weighted by Gasteiger charge is -2.31. The molecule has 134 valence electrons. The summed E-state index contributed by atoms with van der Waals surface area (Å²) in [4.78, 5) is 13.7. The van der Waals surface area contributed by atoms with Crippen molar-refractivity contribution < 1.29 is 13.2 Å². The molecule has 1 aromatic rings. The Hall–Kier alpha value is -1.44. The maximum Gasteiger partial charge on any atom is 0.241 e. The number of rotatable bonds is 6. The number of amides is 1. The Kier molecular flexibility index (Phi) is 5.37. The molecule has 6 nitrogen and oxygen atoms in total. The van der Waals surface area contributed by atoms with Gasteiger partial charge in [0.05, 0.1) is 4.90 Å². The number of hydrogen-bond acceptors (Lipinski definition) is 4. The van der Waals surface area contributed by atoms with Gasteiger partial charge in [-0.25, -0.2) is 13.1 Å². The van der Waals surface area contributed by atoms with Crippen molar-refractivity contribution in [1.82, 2.24) is 4.72 Å². The first kappa shape index (κ1) is 18.9. The number of carbonyl (C=O) groups excluding carboxylic acids is 1. The van der Waals surface area contributed by atoms with Crippen molar-refractivity contribution in [1.29, 1.82) is 0 Å². The first-order chi connectivity index (χ1) is 11.2. The number of benzene rings is 1. The van der Waals surface area contributed by atoms with E-state index in [0.29, 0.717) is 19.3 Å². The summed E-state index contributed by atoms with van der Waals surface area (Å²) in [5.41, 5.74) is 6.85. The fourth-order valence-electron chi connectivity index (χ4n) is 3.32. The molecule has 0 spiro atoms. The topological polar surface area (TPSA) is 92.5 Å². The van der Waals surface area contributed by atoms with E-state index in [0.717, 1.165) is 11.3 Å². The number of sulfonamides is 1. The lowest BCUT2D eigenvalue weighted by molar-refractivity contribution is -0.116. The van der Waals surface area contributed by atoms with Gasteiger partial charge in [0, 0.05) is 30.7 Å². The molecule has 24 heavy (non-hydrogen) atoms. The smallest absolute Gasteiger partial charge is 0.241 e. The first-order valence-corrected chi connectivity index (χ1v) is 9.84. The van der Waals surface area contributed by atoms with Crippen LogP contribution in [-0.2, 0) is 21.2 Å². The Morgan fingerprint density at radius 3 is 2.50 bits per heavy atom. The maximum absolute atomic E-state index is 12.8. The number of carbonyl (C=O) groups is 1. The van der Waals surface area contributed by atoms with Crippen LogP contribution in [0, 0.1) is 0 Å². The Bertz CT molecular complexity index is 718. The van der Waals surface area contributed by atoms with Crippen molar-refractivity contribution in [2.45, 2.75) is 63.4 Å². The van der Waals surface area contributed by atoms with Crippen molar-refractivity contribution in [2.75, 3.05) is 11.4 Å². The van der Waals surface area contributed by atoms with Gasteiger partial charge in [-0.05, 0) is 49.9 Å². The summed E-state index contributed by atoms with van der Waals surface area (Å²) >= 11 is 0. The van der Waals surface area contributed by atoms with E-state index < -0.39 is 15.6 Å². The van der Waals surface area contributed by atoms with Gasteiger partial charge in [0.15, 0.2) is 0 Å². The molecule has 0 saturated carbocycles. The van der Waals surface area contributed by atoms with Crippen LogP contribution < -0.4 is 15.4 Å². The first-order valence-electron chi connectivity index (χ1n) is 8.36. The number of nitrogens with two attached hydrogens (primary N) is 1. The Morgan fingerprint density at radius 2 is 2.00 bits per heavy atom. The summed E-state index contributed by atoms with van der Waals surface area (Å²) in [5.74, 6) is -0.0332. The summed E-state index contributed by atoms with van der Waals surface area (Å²) in [6.45, 7) is 7.58. The normalized spacial score (nSPS) is 17.9. The number of nitrogens with one attached hydrogen (secondary N) is 1. The molecule has 0 aromatic heterocycles. The van der Waals surface area contributed by atoms with Crippen molar-refractivity contribution in [3.8, 4) is 0 Å².